The Labute approximate surface area is 137 Å². The SMILES string of the molecule is CCC(CC)CCOCCCCCCNCc1ccccc1. The lowest BCUT2D eigenvalue weighted by atomic mass is 10.0. The van der Waals surface area contributed by atoms with Crippen molar-refractivity contribution in [1.82, 2.24) is 5.32 Å². The summed E-state index contributed by atoms with van der Waals surface area (Å²) >= 11 is 0. The summed E-state index contributed by atoms with van der Waals surface area (Å²) in [6.45, 7) is 8.55. The molecule has 0 aliphatic rings. The molecule has 0 radical (unpaired) electrons. The van der Waals surface area contributed by atoms with Crippen LogP contribution in [-0.2, 0) is 11.3 Å². The predicted octanol–water partition coefficient (Wildman–Crippen LogP) is 5.18. The van der Waals surface area contributed by atoms with Gasteiger partial charge in [0.2, 0.25) is 0 Å². The van der Waals surface area contributed by atoms with Crippen molar-refractivity contribution >= 4 is 0 Å². The van der Waals surface area contributed by atoms with E-state index in [-0.39, 0.29) is 0 Å². The molecule has 2 nitrogen and oxygen atoms in total. The van der Waals surface area contributed by atoms with Gasteiger partial charge in [-0.15, -0.1) is 0 Å². The van der Waals surface area contributed by atoms with Gasteiger partial charge in [0.15, 0.2) is 0 Å². The highest BCUT2D eigenvalue weighted by molar-refractivity contribution is 5.14. The van der Waals surface area contributed by atoms with Crippen LogP contribution in [0.5, 0.6) is 0 Å². The van der Waals surface area contributed by atoms with E-state index < -0.39 is 0 Å². The second kappa shape index (κ2) is 13.8. The van der Waals surface area contributed by atoms with Gasteiger partial charge in [0.25, 0.3) is 0 Å². The first-order chi connectivity index (χ1) is 10.9. The van der Waals surface area contributed by atoms with Crippen LogP contribution in [0.4, 0.5) is 0 Å². The molecule has 0 saturated heterocycles. The van der Waals surface area contributed by atoms with Crippen molar-refractivity contribution in [1.29, 1.82) is 0 Å². The fourth-order valence-corrected chi connectivity index (χ4v) is 2.69. The number of nitrogens with one attached hydrogen (secondary N) is 1. The van der Waals surface area contributed by atoms with Gasteiger partial charge in [0, 0.05) is 19.8 Å². The van der Waals surface area contributed by atoms with E-state index in [0.717, 1.165) is 32.2 Å². The third-order valence-corrected chi connectivity index (χ3v) is 4.39. The molecule has 22 heavy (non-hydrogen) atoms. The lowest BCUT2D eigenvalue weighted by Crippen LogP contribution is -2.14. The lowest BCUT2D eigenvalue weighted by molar-refractivity contribution is 0.115. The number of ether oxygens (including phenoxy) is 1. The third-order valence-electron chi connectivity index (χ3n) is 4.39. The van der Waals surface area contributed by atoms with Crippen LogP contribution in [-0.4, -0.2) is 19.8 Å². The van der Waals surface area contributed by atoms with Gasteiger partial charge < -0.3 is 10.1 Å². The summed E-state index contributed by atoms with van der Waals surface area (Å²) in [4.78, 5) is 0. The fraction of sp³-hybridized carbons (Fsp3) is 0.700. The van der Waals surface area contributed by atoms with Gasteiger partial charge in [-0.05, 0) is 37.3 Å². The minimum atomic E-state index is 0.857. The maximum atomic E-state index is 5.74. The zero-order valence-corrected chi connectivity index (χ0v) is 14.7. The Morgan fingerprint density at radius 2 is 1.64 bits per heavy atom. The van der Waals surface area contributed by atoms with Crippen molar-refractivity contribution in [2.75, 3.05) is 19.8 Å². The van der Waals surface area contributed by atoms with Crippen LogP contribution < -0.4 is 5.32 Å². The van der Waals surface area contributed by atoms with Gasteiger partial charge in [-0.3, -0.25) is 0 Å². The molecule has 0 spiro atoms. The molecule has 0 bridgehead atoms. The van der Waals surface area contributed by atoms with E-state index in [9.17, 15) is 0 Å². The van der Waals surface area contributed by atoms with Crippen LogP contribution in [0.3, 0.4) is 0 Å². The average Bonchev–Trinajstić information content (AvgIpc) is 2.57. The highest BCUT2D eigenvalue weighted by Crippen LogP contribution is 2.12. The molecule has 1 N–H and O–H groups in total. The molecular weight excluding hydrogens is 270 g/mol. The van der Waals surface area contributed by atoms with Crippen molar-refractivity contribution in [3.8, 4) is 0 Å². The molecule has 0 saturated carbocycles. The number of benzene rings is 1. The fourth-order valence-electron chi connectivity index (χ4n) is 2.69. The first-order valence-electron chi connectivity index (χ1n) is 9.19. The summed E-state index contributed by atoms with van der Waals surface area (Å²) in [5.74, 6) is 0.857. The Morgan fingerprint density at radius 3 is 2.36 bits per heavy atom. The Bertz CT molecular complexity index is 335. The summed E-state index contributed by atoms with van der Waals surface area (Å²) in [5, 5.41) is 3.51. The molecule has 0 aliphatic heterocycles. The summed E-state index contributed by atoms with van der Waals surface area (Å²) in [5.41, 5.74) is 1.37. The van der Waals surface area contributed by atoms with Crippen LogP contribution >= 0.6 is 0 Å². The first-order valence-corrected chi connectivity index (χ1v) is 9.19. The summed E-state index contributed by atoms with van der Waals surface area (Å²) in [6.07, 6.45) is 8.87. The van der Waals surface area contributed by atoms with Crippen molar-refractivity contribution in [2.24, 2.45) is 5.92 Å². The second-order valence-electron chi connectivity index (χ2n) is 6.16. The molecule has 0 heterocycles. The van der Waals surface area contributed by atoms with Crippen molar-refractivity contribution in [3.05, 3.63) is 35.9 Å². The zero-order valence-electron chi connectivity index (χ0n) is 14.7. The summed E-state index contributed by atoms with van der Waals surface area (Å²) in [7, 11) is 0. The van der Waals surface area contributed by atoms with Crippen molar-refractivity contribution in [2.45, 2.75) is 65.3 Å². The summed E-state index contributed by atoms with van der Waals surface area (Å²) < 4.78 is 5.74. The number of hydrogen-bond acceptors (Lipinski definition) is 2. The zero-order chi connectivity index (χ0) is 15.9. The molecule has 1 aromatic carbocycles. The van der Waals surface area contributed by atoms with Crippen LogP contribution in [0.1, 0.15) is 64.4 Å². The van der Waals surface area contributed by atoms with Gasteiger partial charge in [-0.1, -0.05) is 69.9 Å². The minimum Gasteiger partial charge on any atom is -0.381 e. The van der Waals surface area contributed by atoms with E-state index in [4.69, 9.17) is 4.74 Å². The van der Waals surface area contributed by atoms with Gasteiger partial charge in [-0.2, -0.15) is 0 Å². The molecule has 0 unspecified atom stereocenters. The Kier molecular flexibility index (Phi) is 12.0. The Balaban J connectivity index is 1.80. The Morgan fingerprint density at radius 1 is 0.909 bits per heavy atom. The topological polar surface area (TPSA) is 21.3 Å². The molecule has 2 heteroatoms. The quantitative estimate of drug-likeness (QED) is 0.478. The number of hydrogen-bond donors (Lipinski definition) is 1. The molecular formula is C20H35NO. The Hall–Kier alpha value is -0.860. The van der Waals surface area contributed by atoms with Crippen molar-refractivity contribution < 1.29 is 4.74 Å². The third kappa shape index (κ3) is 9.97. The number of unbranched alkanes of at least 4 members (excludes halogenated alkanes) is 3. The molecule has 0 amide bonds. The van der Waals surface area contributed by atoms with E-state index in [1.165, 1.54) is 50.5 Å². The summed E-state index contributed by atoms with van der Waals surface area (Å²) in [6, 6.07) is 10.6. The normalized spacial score (nSPS) is 11.2. The second-order valence-corrected chi connectivity index (χ2v) is 6.16. The van der Waals surface area contributed by atoms with E-state index in [0.29, 0.717) is 0 Å². The van der Waals surface area contributed by atoms with E-state index in [2.05, 4.69) is 49.5 Å². The van der Waals surface area contributed by atoms with Crippen LogP contribution in [0.15, 0.2) is 30.3 Å². The van der Waals surface area contributed by atoms with Gasteiger partial charge in [0.05, 0.1) is 0 Å². The minimum absolute atomic E-state index is 0.857. The predicted molar refractivity (Wildman–Crippen MR) is 96.1 cm³/mol. The van der Waals surface area contributed by atoms with Crippen LogP contribution in [0, 0.1) is 5.92 Å². The molecule has 1 rings (SSSR count). The van der Waals surface area contributed by atoms with Crippen molar-refractivity contribution in [3.63, 3.8) is 0 Å². The van der Waals surface area contributed by atoms with E-state index in [1.54, 1.807) is 0 Å². The molecule has 0 aliphatic carbocycles. The van der Waals surface area contributed by atoms with Gasteiger partial charge >= 0.3 is 0 Å². The molecule has 0 fully saturated rings. The average molecular weight is 306 g/mol. The molecule has 0 atom stereocenters. The smallest absolute Gasteiger partial charge is 0.0468 e. The molecule has 126 valence electrons. The number of rotatable bonds is 14. The van der Waals surface area contributed by atoms with E-state index >= 15 is 0 Å². The lowest BCUT2D eigenvalue weighted by Gasteiger charge is -2.11. The largest absolute Gasteiger partial charge is 0.381 e. The molecule has 1 aromatic rings. The monoisotopic (exact) mass is 305 g/mol. The van der Waals surface area contributed by atoms with E-state index in [1.807, 2.05) is 0 Å². The maximum absolute atomic E-state index is 5.74. The standard InChI is InChI=1S/C20H35NO/c1-3-19(4-2)14-17-22-16-11-6-5-10-15-21-18-20-12-8-7-9-13-20/h7-9,12-13,19,21H,3-6,10-11,14-18H2,1-2H3. The highest BCUT2D eigenvalue weighted by atomic mass is 16.5. The maximum Gasteiger partial charge on any atom is 0.0468 e. The highest BCUT2D eigenvalue weighted by Gasteiger charge is 2.02. The van der Waals surface area contributed by atoms with Gasteiger partial charge in [-0.25, -0.2) is 0 Å². The van der Waals surface area contributed by atoms with Gasteiger partial charge in [0.1, 0.15) is 0 Å². The molecule has 0 aromatic heterocycles. The van der Waals surface area contributed by atoms with Crippen LogP contribution in [0.25, 0.3) is 0 Å². The first kappa shape index (κ1) is 19.2. The van der Waals surface area contributed by atoms with Crippen LogP contribution in [0.2, 0.25) is 0 Å².